The Labute approximate surface area is 141 Å². The minimum Gasteiger partial charge on any atom is -0.363 e. The molecule has 2 aromatic rings. The van der Waals surface area contributed by atoms with Gasteiger partial charge in [0.15, 0.2) is 0 Å². The van der Waals surface area contributed by atoms with Crippen LogP contribution in [0, 0.1) is 0 Å². The molecule has 8 heteroatoms. The molecule has 0 aliphatic carbocycles. The van der Waals surface area contributed by atoms with E-state index in [2.05, 4.69) is 15.0 Å². The van der Waals surface area contributed by atoms with Gasteiger partial charge in [-0.1, -0.05) is 18.2 Å². The SMILES string of the molecule is CN(C)c1ccc(CNC(=O)c2ccccc2NS(C)(=O)=O)cn1. The molecule has 0 aliphatic heterocycles. The molecule has 2 N–H and O–H groups in total. The fraction of sp³-hybridized carbons (Fsp3) is 0.250. The number of benzene rings is 1. The van der Waals surface area contributed by atoms with Gasteiger partial charge in [-0.15, -0.1) is 0 Å². The van der Waals surface area contributed by atoms with Crippen LogP contribution in [-0.2, 0) is 16.6 Å². The lowest BCUT2D eigenvalue weighted by atomic mass is 10.1. The lowest BCUT2D eigenvalue weighted by molar-refractivity contribution is 0.0952. The van der Waals surface area contributed by atoms with Crippen molar-refractivity contribution in [3.63, 3.8) is 0 Å². The van der Waals surface area contributed by atoms with Gasteiger partial charge >= 0.3 is 0 Å². The van der Waals surface area contributed by atoms with Gasteiger partial charge in [-0.2, -0.15) is 0 Å². The van der Waals surface area contributed by atoms with E-state index in [1.807, 2.05) is 31.1 Å². The lowest BCUT2D eigenvalue weighted by Gasteiger charge is -2.12. The predicted octanol–water partition coefficient (Wildman–Crippen LogP) is 1.45. The summed E-state index contributed by atoms with van der Waals surface area (Å²) in [7, 11) is 0.339. The Morgan fingerprint density at radius 3 is 2.46 bits per heavy atom. The van der Waals surface area contributed by atoms with Crippen LogP contribution >= 0.6 is 0 Å². The molecule has 0 unspecified atom stereocenters. The molecule has 0 saturated heterocycles. The van der Waals surface area contributed by atoms with Crippen molar-refractivity contribution in [2.45, 2.75) is 6.54 Å². The summed E-state index contributed by atoms with van der Waals surface area (Å²) in [6.07, 6.45) is 2.73. The number of aromatic nitrogens is 1. The van der Waals surface area contributed by atoms with Crippen molar-refractivity contribution in [2.75, 3.05) is 30.0 Å². The Kier molecular flexibility index (Phi) is 5.40. The summed E-state index contributed by atoms with van der Waals surface area (Å²) in [6.45, 7) is 0.298. The van der Waals surface area contributed by atoms with E-state index < -0.39 is 10.0 Å². The normalized spacial score (nSPS) is 11.0. The molecule has 128 valence electrons. The Morgan fingerprint density at radius 2 is 1.88 bits per heavy atom. The Balaban J connectivity index is 2.07. The van der Waals surface area contributed by atoms with Gasteiger partial charge in [0.05, 0.1) is 17.5 Å². The average Bonchev–Trinajstić information content (AvgIpc) is 2.52. The number of carbonyl (C=O) groups is 1. The number of sulfonamides is 1. The zero-order chi connectivity index (χ0) is 17.7. The molecule has 0 saturated carbocycles. The third-order valence-electron chi connectivity index (χ3n) is 3.19. The fourth-order valence-electron chi connectivity index (χ4n) is 2.03. The third kappa shape index (κ3) is 4.95. The molecule has 1 aromatic carbocycles. The minimum atomic E-state index is -3.46. The van der Waals surface area contributed by atoms with Crippen LogP contribution in [-0.4, -0.2) is 39.7 Å². The van der Waals surface area contributed by atoms with Crippen LogP contribution in [0.4, 0.5) is 11.5 Å². The van der Waals surface area contributed by atoms with Crippen molar-refractivity contribution in [1.82, 2.24) is 10.3 Å². The summed E-state index contributed by atoms with van der Waals surface area (Å²) >= 11 is 0. The van der Waals surface area contributed by atoms with E-state index in [4.69, 9.17) is 0 Å². The van der Waals surface area contributed by atoms with E-state index in [0.717, 1.165) is 17.6 Å². The number of hydrogen-bond acceptors (Lipinski definition) is 5. The van der Waals surface area contributed by atoms with Crippen molar-refractivity contribution in [3.8, 4) is 0 Å². The number of nitrogens with zero attached hydrogens (tertiary/aromatic N) is 2. The molecular weight excluding hydrogens is 328 g/mol. The molecule has 1 heterocycles. The molecule has 24 heavy (non-hydrogen) atoms. The van der Waals surface area contributed by atoms with Gasteiger partial charge in [-0.3, -0.25) is 9.52 Å². The van der Waals surface area contributed by atoms with Crippen LogP contribution in [0.2, 0.25) is 0 Å². The topological polar surface area (TPSA) is 91.4 Å². The molecule has 0 spiro atoms. The van der Waals surface area contributed by atoms with E-state index in [0.29, 0.717) is 6.54 Å². The number of para-hydroxylation sites is 1. The molecule has 0 atom stereocenters. The van der Waals surface area contributed by atoms with Crippen LogP contribution < -0.4 is 14.9 Å². The van der Waals surface area contributed by atoms with Gasteiger partial charge in [-0.05, 0) is 23.8 Å². The van der Waals surface area contributed by atoms with Crippen molar-refractivity contribution in [1.29, 1.82) is 0 Å². The zero-order valence-electron chi connectivity index (χ0n) is 13.8. The number of carbonyl (C=O) groups excluding carboxylic acids is 1. The summed E-state index contributed by atoms with van der Waals surface area (Å²) in [5.74, 6) is 0.464. The van der Waals surface area contributed by atoms with E-state index in [1.165, 1.54) is 0 Å². The second-order valence-electron chi connectivity index (χ2n) is 5.52. The number of pyridine rings is 1. The fourth-order valence-corrected chi connectivity index (χ4v) is 2.61. The smallest absolute Gasteiger partial charge is 0.253 e. The maximum Gasteiger partial charge on any atom is 0.253 e. The Hall–Kier alpha value is -2.61. The van der Waals surface area contributed by atoms with E-state index in [9.17, 15) is 13.2 Å². The molecule has 0 radical (unpaired) electrons. The highest BCUT2D eigenvalue weighted by molar-refractivity contribution is 7.92. The first-order valence-corrected chi connectivity index (χ1v) is 9.12. The van der Waals surface area contributed by atoms with Gasteiger partial charge in [0.2, 0.25) is 10.0 Å². The quantitative estimate of drug-likeness (QED) is 0.824. The summed E-state index contributed by atoms with van der Waals surface area (Å²) in [4.78, 5) is 18.5. The lowest BCUT2D eigenvalue weighted by Crippen LogP contribution is -2.24. The molecule has 1 aromatic heterocycles. The van der Waals surface area contributed by atoms with E-state index >= 15 is 0 Å². The first-order chi connectivity index (χ1) is 11.3. The van der Waals surface area contributed by atoms with Gasteiger partial charge in [0.1, 0.15) is 5.82 Å². The van der Waals surface area contributed by atoms with Crippen molar-refractivity contribution in [2.24, 2.45) is 0 Å². The molecular formula is C16H20N4O3S. The molecule has 7 nitrogen and oxygen atoms in total. The molecule has 0 bridgehead atoms. The van der Waals surface area contributed by atoms with Crippen LogP contribution in [0.25, 0.3) is 0 Å². The van der Waals surface area contributed by atoms with Gasteiger partial charge in [0, 0.05) is 26.8 Å². The number of rotatable bonds is 6. The Morgan fingerprint density at radius 1 is 1.17 bits per heavy atom. The van der Waals surface area contributed by atoms with Crippen LogP contribution in [0.15, 0.2) is 42.6 Å². The third-order valence-corrected chi connectivity index (χ3v) is 3.78. The van der Waals surface area contributed by atoms with E-state index in [-0.39, 0.29) is 17.2 Å². The number of anilines is 2. The van der Waals surface area contributed by atoms with Crippen molar-refractivity contribution >= 4 is 27.4 Å². The molecule has 0 fully saturated rings. The van der Waals surface area contributed by atoms with E-state index in [1.54, 1.807) is 30.5 Å². The number of hydrogen-bond donors (Lipinski definition) is 2. The summed E-state index contributed by atoms with van der Waals surface area (Å²) < 4.78 is 25.1. The highest BCUT2D eigenvalue weighted by atomic mass is 32.2. The van der Waals surface area contributed by atoms with Crippen molar-refractivity contribution < 1.29 is 13.2 Å². The van der Waals surface area contributed by atoms with Gasteiger partial charge < -0.3 is 10.2 Å². The average molecular weight is 348 g/mol. The molecule has 0 aliphatic rings. The summed E-state index contributed by atoms with van der Waals surface area (Å²) in [5.41, 5.74) is 1.36. The number of nitrogens with one attached hydrogen (secondary N) is 2. The molecule has 1 amide bonds. The van der Waals surface area contributed by atoms with Gasteiger partial charge in [-0.25, -0.2) is 13.4 Å². The number of amides is 1. The zero-order valence-corrected chi connectivity index (χ0v) is 14.6. The monoisotopic (exact) mass is 348 g/mol. The highest BCUT2D eigenvalue weighted by Gasteiger charge is 2.13. The first-order valence-electron chi connectivity index (χ1n) is 7.23. The maximum absolute atomic E-state index is 12.3. The predicted molar refractivity (Wildman–Crippen MR) is 94.6 cm³/mol. The second kappa shape index (κ2) is 7.31. The van der Waals surface area contributed by atoms with Gasteiger partial charge in [0.25, 0.3) is 5.91 Å². The summed E-state index contributed by atoms with van der Waals surface area (Å²) in [5, 5.41) is 2.76. The second-order valence-corrected chi connectivity index (χ2v) is 7.27. The van der Waals surface area contributed by atoms with Crippen LogP contribution in [0.1, 0.15) is 15.9 Å². The van der Waals surface area contributed by atoms with Crippen molar-refractivity contribution in [3.05, 3.63) is 53.7 Å². The van der Waals surface area contributed by atoms with Crippen LogP contribution in [0.3, 0.4) is 0 Å². The Bertz CT molecular complexity index is 817. The maximum atomic E-state index is 12.3. The summed E-state index contributed by atoms with van der Waals surface area (Å²) in [6, 6.07) is 10.2. The minimum absolute atomic E-state index is 0.249. The highest BCUT2D eigenvalue weighted by Crippen LogP contribution is 2.16. The molecule has 2 rings (SSSR count). The van der Waals surface area contributed by atoms with Crippen LogP contribution in [0.5, 0.6) is 0 Å². The standard InChI is InChI=1S/C16H20N4O3S/c1-20(2)15-9-8-12(10-17-15)11-18-16(21)13-6-4-5-7-14(13)19-24(3,22)23/h4-10,19H,11H2,1-3H3,(H,18,21). The first kappa shape index (κ1) is 17.7. The largest absolute Gasteiger partial charge is 0.363 e.